The molecule has 0 spiro atoms. The summed E-state index contributed by atoms with van der Waals surface area (Å²) in [5, 5.41) is 3.42. The number of hydrogen-bond donors (Lipinski definition) is 1. The Bertz CT molecular complexity index is 253. The van der Waals surface area contributed by atoms with E-state index in [2.05, 4.69) is 10.2 Å². The maximum Gasteiger partial charge on any atom is 0.236 e. The van der Waals surface area contributed by atoms with Crippen LogP contribution >= 0.6 is 0 Å². The lowest BCUT2D eigenvalue weighted by molar-refractivity contribution is -0.135. The van der Waals surface area contributed by atoms with Crippen LogP contribution in [0.2, 0.25) is 0 Å². The van der Waals surface area contributed by atoms with Crippen molar-refractivity contribution < 1.29 is 4.79 Å². The van der Waals surface area contributed by atoms with Crippen molar-refractivity contribution in [1.29, 1.82) is 0 Å². The zero-order chi connectivity index (χ0) is 10.3. The Morgan fingerprint density at radius 2 is 1.87 bits per heavy atom. The summed E-state index contributed by atoms with van der Waals surface area (Å²) >= 11 is 0. The van der Waals surface area contributed by atoms with E-state index in [9.17, 15) is 4.79 Å². The molecule has 3 saturated heterocycles. The SMILES string of the molecule is O=C(CN1CC2CNCC2C1)N1CCC1. The van der Waals surface area contributed by atoms with Gasteiger partial charge in [0.2, 0.25) is 5.91 Å². The van der Waals surface area contributed by atoms with E-state index >= 15 is 0 Å². The van der Waals surface area contributed by atoms with Crippen LogP contribution in [0.5, 0.6) is 0 Å². The number of carbonyl (C=O) groups is 1. The second kappa shape index (κ2) is 3.76. The van der Waals surface area contributed by atoms with Crippen LogP contribution in [0.4, 0.5) is 0 Å². The standard InChI is InChI=1S/C11H19N3O/c15-11(14-2-1-3-14)8-13-6-9-4-12-5-10(9)7-13/h9-10,12H,1-8H2. The molecule has 3 aliphatic heterocycles. The Morgan fingerprint density at radius 1 is 1.20 bits per heavy atom. The molecule has 0 saturated carbocycles. The maximum atomic E-state index is 11.8. The summed E-state index contributed by atoms with van der Waals surface area (Å²) in [6, 6.07) is 0. The molecule has 0 radical (unpaired) electrons. The molecule has 2 unspecified atom stereocenters. The summed E-state index contributed by atoms with van der Waals surface area (Å²) in [6.45, 7) is 7.18. The average Bonchev–Trinajstić information content (AvgIpc) is 2.58. The topological polar surface area (TPSA) is 35.6 Å². The molecule has 1 amide bonds. The predicted octanol–water partition coefficient (Wildman–Crippen LogP) is -0.630. The normalized spacial score (nSPS) is 35.3. The molecule has 0 aromatic carbocycles. The van der Waals surface area contributed by atoms with Crippen LogP contribution in [0.1, 0.15) is 6.42 Å². The van der Waals surface area contributed by atoms with Crippen LogP contribution in [0.15, 0.2) is 0 Å². The quantitative estimate of drug-likeness (QED) is 0.658. The van der Waals surface area contributed by atoms with Crippen molar-refractivity contribution in [2.24, 2.45) is 11.8 Å². The highest BCUT2D eigenvalue weighted by Gasteiger charge is 2.37. The first-order valence-corrected chi connectivity index (χ1v) is 6.04. The number of hydrogen-bond acceptors (Lipinski definition) is 3. The fourth-order valence-electron chi connectivity index (χ4n) is 2.94. The molecule has 3 heterocycles. The summed E-state index contributed by atoms with van der Waals surface area (Å²) in [5.74, 6) is 1.94. The summed E-state index contributed by atoms with van der Waals surface area (Å²) in [6.07, 6.45) is 1.20. The Balaban J connectivity index is 1.50. The van der Waals surface area contributed by atoms with Crippen molar-refractivity contribution >= 4 is 5.91 Å². The van der Waals surface area contributed by atoms with Gasteiger partial charge in [0, 0.05) is 26.2 Å². The zero-order valence-electron chi connectivity index (χ0n) is 9.11. The highest BCUT2D eigenvalue weighted by Crippen LogP contribution is 2.26. The van der Waals surface area contributed by atoms with Gasteiger partial charge in [-0.2, -0.15) is 0 Å². The van der Waals surface area contributed by atoms with Crippen LogP contribution in [0.3, 0.4) is 0 Å². The number of amides is 1. The third-order valence-corrected chi connectivity index (χ3v) is 4.03. The molecule has 3 aliphatic rings. The fraction of sp³-hybridized carbons (Fsp3) is 0.909. The first-order chi connectivity index (χ1) is 7.33. The molecule has 4 heteroatoms. The fourth-order valence-corrected chi connectivity index (χ4v) is 2.94. The lowest BCUT2D eigenvalue weighted by Gasteiger charge is -2.32. The second-order valence-electron chi connectivity index (χ2n) is 5.11. The summed E-state index contributed by atoms with van der Waals surface area (Å²) in [5.41, 5.74) is 0. The zero-order valence-corrected chi connectivity index (χ0v) is 9.11. The van der Waals surface area contributed by atoms with Gasteiger partial charge < -0.3 is 10.2 Å². The number of nitrogens with one attached hydrogen (secondary N) is 1. The van der Waals surface area contributed by atoms with E-state index in [-0.39, 0.29) is 0 Å². The van der Waals surface area contributed by atoms with Crippen LogP contribution in [0, 0.1) is 11.8 Å². The Hall–Kier alpha value is -0.610. The molecule has 2 atom stereocenters. The monoisotopic (exact) mass is 209 g/mol. The minimum atomic E-state index is 0.342. The smallest absolute Gasteiger partial charge is 0.236 e. The summed E-state index contributed by atoms with van der Waals surface area (Å²) < 4.78 is 0. The lowest BCUT2D eigenvalue weighted by atomic mass is 10.0. The number of carbonyl (C=O) groups excluding carboxylic acids is 1. The van der Waals surface area contributed by atoms with Crippen molar-refractivity contribution in [3.63, 3.8) is 0 Å². The van der Waals surface area contributed by atoms with E-state index in [0.29, 0.717) is 12.5 Å². The minimum absolute atomic E-state index is 0.342. The highest BCUT2D eigenvalue weighted by molar-refractivity contribution is 5.78. The van der Waals surface area contributed by atoms with E-state index in [4.69, 9.17) is 0 Å². The van der Waals surface area contributed by atoms with E-state index in [0.717, 1.165) is 51.1 Å². The predicted molar refractivity (Wildman–Crippen MR) is 57.5 cm³/mol. The average molecular weight is 209 g/mol. The lowest BCUT2D eigenvalue weighted by Crippen LogP contribution is -2.47. The Kier molecular flexibility index (Phi) is 2.41. The van der Waals surface area contributed by atoms with Crippen LogP contribution < -0.4 is 5.32 Å². The largest absolute Gasteiger partial charge is 0.341 e. The molecule has 0 aromatic rings. The third-order valence-electron chi connectivity index (χ3n) is 4.03. The molecule has 1 N–H and O–H groups in total. The summed E-state index contributed by atoms with van der Waals surface area (Å²) in [4.78, 5) is 16.1. The number of likely N-dealkylation sites (tertiary alicyclic amines) is 2. The summed E-state index contributed by atoms with van der Waals surface area (Å²) in [7, 11) is 0. The van der Waals surface area contributed by atoms with Crippen molar-refractivity contribution in [2.75, 3.05) is 45.8 Å². The Morgan fingerprint density at radius 3 is 2.40 bits per heavy atom. The van der Waals surface area contributed by atoms with Gasteiger partial charge in [0.15, 0.2) is 0 Å². The first-order valence-electron chi connectivity index (χ1n) is 6.04. The van der Waals surface area contributed by atoms with Gasteiger partial charge in [0.25, 0.3) is 0 Å². The van der Waals surface area contributed by atoms with Gasteiger partial charge in [-0.1, -0.05) is 0 Å². The van der Waals surface area contributed by atoms with Crippen LogP contribution in [-0.4, -0.2) is 61.5 Å². The van der Waals surface area contributed by atoms with Gasteiger partial charge in [0.05, 0.1) is 6.54 Å². The molecule has 84 valence electrons. The Labute approximate surface area is 90.6 Å². The molecule has 3 rings (SSSR count). The van der Waals surface area contributed by atoms with Crippen LogP contribution in [0.25, 0.3) is 0 Å². The molecule has 4 nitrogen and oxygen atoms in total. The first kappa shape index (κ1) is 9.60. The van der Waals surface area contributed by atoms with Gasteiger partial charge in [-0.15, -0.1) is 0 Å². The molecular formula is C11H19N3O. The molecule has 0 bridgehead atoms. The van der Waals surface area contributed by atoms with Crippen LogP contribution in [-0.2, 0) is 4.79 Å². The van der Waals surface area contributed by atoms with E-state index in [1.54, 1.807) is 0 Å². The molecule has 3 fully saturated rings. The molecule has 0 aliphatic carbocycles. The second-order valence-corrected chi connectivity index (χ2v) is 5.11. The number of rotatable bonds is 2. The third kappa shape index (κ3) is 1.76. The molecule has 15 heavy (non-hydrogen) atoms. The molecule has 0 aromatic heterocycles. The van der Waals surface area contributed by atoms with Crippen molar-refractivity contribution in [1.82, 2.24) is 15.1 Å². The van der Waals surface area contributed by atoms with E-state index in [1.165, 1.54) is 6.42 Å². The van der Waals surface area contributed by atoms with E-state index in [1.807, 2.05) is 4.90 Å². The maximum absolute atomic E-state index is 11.8. The van der Waals surface area contributed by atoms with Gasteiger partial charge in [-0.05, 0) is 31.3 Å². The number of nitrogens with zero attached hydrogens (tertiary/aromatic N) is 2. The van der Waals surface area contributed by atoms with Crippen molar-refractivity contribution in [3.05, 3.63) is 0 Å². The van der Waals surface area contributed by atoms with E-state index < -0.39 is 0 Å². The highest BCUT2D eigenvalue weighted by atomic mass is 16.2. The van der Waals surface area contributed by atoms with Crippen molar-refractivity contribution in [3.8, 4) is 0 Å². The van der Waals surface area contributed by atoms with Crippen molar-refractivity contribution in [2.45, 2.75) is 6.42 Å². The molecular weight excluding hydrogens is 190 g/mol. The van der Waals surface area contributed by atoms with Gasteiger partial charge in [-0.25, -0.2) is 0 Å². The minimum Gasteiger partial charge on any atom is -0.341 e. The number of fused-ring (bicyclic) bond motifs is 1. The van der Waals surface area contributed by atoms with Gasteiger partial charge in [0.1, 0.15) is 0 Å². The van der Waals surface area contributed by atoms with Gasteiger partial charge in [-0.3, -0.25) is 9.69 Å². The van der Waals surface area contributed by atoms with Gasteiger partial charge >= 0.3 is 0 Å².